The van der Waals surface area contributed by atoms with Gasteiger partial charge in [-0.25, -0.2) is 4.98 Å². The van der Waals surface area contributed by atoms with Crippen molar-refractivity contribution in [2.75, 3.05) is 11.1 Å². The highest BCUT2D eigenvalue weighted by atomic mass is 35.5. The van der Waals surface area contributed by atoms with Crippen LogP contribution < -0.4 is 10.9 Å². The van der Waals surface area contributed by atoms with Gasteiger partial charge in [-0.15, -0.1) is 10.2 Å². The Kier molecular flexibility index (Phi) is 6.98. The van der Waals surface area contributed by atoms with Crippen molar-refractivity contribution in [3.63, 3.8) is 0 Å². The molecule has 11 heteroatoms. The Morgan fingerprint density at radius 3 is 2.78 bits per heavy atom. The predicted octanol–water partition coefficient (Wildman–Crippen LogP) is 4.67. The number of thioether (sulfide) groups is 1. The van der Waals surface area contributed by atoms with Crippen molar-refractivity contribution in [2.45, 2.75) is 37.9 Å². The number of unbranched alkanes of at least 4 members (excludes halogenated alkanes) is 2. The zero-order chi connectivity index (χ0) is 22.7. The third-order valence-electron chi connectivity index (χ3n) is 4.86. The van der Waals surface area contributed by atoms with Crippen molar-refractivity contribution in [3.05, 3.63) is 56.9 Å². The molecule has 166 valence electrons. The molecule has 1 aromatic carbocycles. The summed E-state index contributed by atoms with van der Waals surface area (Å²) in [5.74, 6) is 0.465. The summed E-state index contributed by atoms with van der Waals surface area (Å²) in [5.41, 5.74) is 0.615. The number of anilines is 1. The molecule has 0 spiro atoms. The van der Waals surface area contributed by atoms with Crippen LogP contribution in [0, 0.1) is 0 Å². The standard InChI is InChI=1S/C21H20Cl2N6O2S/c1-2-3-6-9-28-19(31)14-7-4-5-8-16(14)29-20(28)26-27-21(29)32-12-17(30)25-18-15(23)10-13(22)11-24-18/h4-5,7-8,10-11H,2-3,6,9,12H2,1H3,(H,24,25,30). The summed E-state index contributed by atoms with van der Waals surface area (Å²) < 4.78 is 3.49. The molecular formula is C21H20Cl2N6O2S. The smallest absolute Gasteiger partial charge is 0.262 e. The van der Waals surface area contributed by atoms with Gasteiger partial charge in [-0.1, -0.05) is 66.9 Å². The van der Waals surface area contributed by atoms with Gasteiger partial charge in [0.1, 0.15) is 0 Å². The first-order chi connectivity index (χ1) is 15.5. The molecule has 0 unspecified atom stereocenters. The van der Waals surface area contributed by atoms with E-state index in [1.54, 1.807) is 10.6 Å². The van der Waals surface area contributed by atoms with Crippen molar-refractivity contribution in [2.24, 2.45) is 0 Å². The van der Waals surface area contributed by atoms with Crippen molar-refractivity contribution in [3.8, 4) is 0 Å². The van der Waals surface area contributed by atoms with Gasteiger partial charge in [-0.05, 0) is 24.6 Å². The van der Waals surface area contributed by atoms with Gasteiger partial charge in [-0.3, -0.25) is 18.6 Å². The maximum absolute atomic E-state index is 13.1. The Morgan fingerprint density at radius 2 is 2.00 bits per heavy atom. The van der Waals surface area contributed by atoms with E-state index in [0.717, 1.165) is 19.3 Å². The number of aryl methyl sites for hydroxylation is 1. The summed E-state index contributed by atoms with van der Waals surface area (Å²) in [6, 6.07) is 8.85. The highest BCUT2D eigenvalue weighted by Crippen LogP contribution is 2.24. The quantitative estimate of drug-likeness (QED) is 0.285. The monoisotopic (exact) mass is 490 g/mol. The third kappa shape index (κ3) is 4.60. The lowest BCUT2D eigenvalue weighted by Crippen LogP contribution is -2.23. The van der Waals surface area contributed by atoms with E-state index in [9.17, 15) is 9.59 Å². The van der Waals surface area contributed by atoms with Gasteiger partial charge < -0.3 is 5.32 Å². The second-order valence-corrected chi connectivity index (χ2v) is 8.91. The number of halogens is 2. The number of hydrogen-bond acceptors (Lipinski definition) is 6. The molecule has 0 atom stereocenters. The predicted molar refractivity (Wildman–Crippen MR) is 128 cm³/mol. The van der Waals surface area contributed by atoms with Crippen LogP contribution in [0.25, 0.3) is 16.7 Å². The first-order valence-corrected chi connectivity index (χ1v) is 11.8. The average molecular weight is 491 g/mol. The summed E-state index contributed by atoms with van der Waals surface area (Å²) in [6.45, 7) is 2.67. The van der Waals surface area contributed by atoms with Gasteiger partial charge in [0.15, 0.2) is 11.0 Å². The van der Waals surface area contributed by atoms with Gasteiger partial charge in [0.2, 0.25) is 11.7 Å². The van der Waals surface area contributed by atoms with Crippen LogP contribution in [-0.4, -0.2) is 35.8 Å². The highest BCUT2D eigenvalue weighted by molar-refractivity contribution is 7.99. The van der Waals surface area contributed by atoms with Crippen LogP contribution in [0.4, 0.5) is 5.82 Å². The molecular weight excluding hydrogens is 471 g/mol. The zero-order valence-electron chi connectivity index (χ0n) is 17.2. The SMILES string of the molecule is CCCCCn1c(=O)c2ccccc2n2c(SCC(=O)Nc3ncc(Cl)cc3Cl)nnc12. The third-order valence-corrected chi connectivity index (χ3v) is 6.29. The molecule has 0 aliphatic carbocycles. The number of fused-ring (bicyclic) bond motifs is 3. The Morgan fingerprint density at radius 1 is 1.19 bits per heavy atom. The van der Waals surface area contributed by atoms with E-state index in [0.29, 0.717) is 33.4 Å². The summed E-state index contributed by atoms with van der Waals surface area (Å²) >= 11 is 13.1. The number of nitrogens with zero attached hydrogens (tertiary/aromatic N) is 5. The molecule has 0 fully saturated rings. The lowest BCUT2D eigenvalue weighted by molar-refractivity contribution is -0.113. The summed E-state index contributed by atoms with van der Waals surface area (Å²) in [7, 11) is 0. The lowest BCUT2D eigenvalue weighted by atomic mass is 10.2. The topological polar surface area (TPSA) is 94.2 Å². The molecule has 8 nitrogen and oxygen atoms in total. The molecule has 0 radical (unpaired) electrons. The second-order valence-electron chi connectivity index (χ2n) is 7.12. The highest BCUT2D eigenvalue weighted by Gasteiger charge is 2.18. The lowest BCUT2D eigenvalue weighted by Gasteiger charge is -2.11. The van der Waals surface area contributed by atoms with E-state index in [2.05, 4.69) is 27.4 Å². The molecule has 0 saturated carbocycles. The Hall–Kier alpha value is -2.62. The maximum atomic E-state index is 13.1. The fraction of sp³-hybridized carbons (Fsp3) is 0.286. The van der Waals surface area contributed by atoms with Gasteiger partial charge in [-0.2, -0.15) is 0 Å². The van der Waals surface area contributed by atoms with E-state index in [1.807, 2.05) is 22.6 Å². The van der Waals surface area contributed by atoms with E-state index in [1.165, 1.54) is 24.0 Å². The number of nitrogens with one attached hydrogen (secondary N) is 1. The second kappa shape index (κ2) is 9.89. The van der Waals surface area contributed by atoms with E-state index >= 15 is 0 Å². The number of hydrogen-bond donors (Lipinski definition) is 1. The van der Waals surface area contributed by atoms with Crippen LogP contribution in [0.15, 0.2) is 46.5 Å². The number of pyridine rings is 1. The van der Waals surface area contributed by atoms with Crippen molar-refractivity contribution in [1.82, 2.24) is 24.1 Å². The fourth-order valence-electron chi connectivity index (χ4n) is 3.35. The molecule has 0 bridgehead atoms. The zero-order valence-corrected chi connectivity index (χ0v) is 19.5. The number of carbonyl (C=O) groups excluding carboxylic acids is 1. The number of para-hydroxylation sites is 1. The van der Waals surface area contributed by atoms with Gasteiger partial charge >= 0.3 is 0 Å². The van der Waals surface area contributed by atoms with E-state index < -0.39 is 0 Å². The van der Waals surface area contributed by atoms with Crippen LogP contribution in [0.2, 0.25) is 10.0 Å². The van der Waals surface area contributed by atoms with Crippen LogP contribution in [-0.2, 0) is 11.3 Å². The number of amides is 1. The number of carbonyl (C=O) groups is 1. The molecule has 4 aromatic rings. The number of aromatic nitrogens is 5. The Bertz CT molecular complexity index is 1350. The fourth-order valence-corrected chi connectivity index (χ4v) is 4.52. The van der Waals surface area contributed by atoms with Crippen molar-refractivity contribution in [1.29, 1.82) is 0 Å². The number of benzene rings is 1. The molecule has 0 saturated heterocycles. The van der Waals surface area contributed by atoms with Gasteiger partial charge in [0.05, 0.1) is 26.7 Å². The van der Waals surface area contributed by atoms with E-state index in [4.69, 9.17) is 23.2 Å². The normalized spacial score (nSPS) is 11.3. The molecule has 4 rings (SSSR count). The first kappa shape index (κ1) is 22.6. The molecule has 3 heterocycles. The molecule has 3 aromatic heterocycles. The number of rotatable bonds is 8. The minimum atomic E-state index is -0.302. The van der Waals surface area contributed by atoms with Crippen LogP contribution >= 0.6 is 35.0 Å². The molecule has 32 heavy (non-hydrogen) atoms. The minimum Gasteiger partial charge on any atom is -0.309 e. The minimum absolute atomic E-state index is 0.0602. The summed E-state index contributed by atoms with van der Waals surface area (Å²) in [5, 5.41) is 12.9. The van der Waals surface area contributed by atoms with E-state index in [-0.39, 0.29) is 28.1 Å². The molecule has 1 N–H and O–H groups in total. The van der Waals surface area contributed by atoms with Gasteiger partial charge in [0.25, 0.3) is 5.56 Å². The Balaban J connectivity index is 1.63. The first-order valence-electron chi connectivity index (χ1n) is 10.1. The summed E-state index contributed by atoms with van der Waals surface area (Å²) in [6.07, 6.45) is 4.35. The largest absolute Gasteiger partial charge is 0.309 e. The van der Waals surface area contributed by atoms with Gasteiger partial charge in [0, 0.05) is 12.7 Å². The van der Waals surface area contributed by atoms with Crippen LogP contribution in [0.1, 0.15) is 26.2 Å². The molecule has 0 aliphatic heterocycles. The average Bonchev–Trinajstić information content (AvgIpc) is 3.20. The van der Waals surface area contributed by atoms with Crippen molar-refractivity contribution < 1.29 is 4.79 Å². The Labute approximate surface area is 198 Å². The molecule has 1 amide bonds. The van der Waals surface area contributed by atoms with Crippen LogP contribution in [0.5, 0.6) is 0 Å². The molecule has 0 aliphatic rings. The van der Waals surface area contributed by atoms with Crippen LogP contribution in [0.3, 0.4) is 0 Å². The summed E-state index contributed by atoms with van der Waals surface area (Å²) in [4.78, 5) is 29.6. The maximum Gasteiger partial charge on any atom is 0.262 e. The van der Waals surface area contributed by atoms with Crippen molar-refractivity contribution >= 4 is 63.4 Å².